The number of carbonyl (C=O) groups is 3. The Balaban J connectivity index is 1.89. The van der Waals surface area contributed by atoms with E-state index in [1.165, 1.54) is 0 Å². The molecule has 2 amide bonds. The van der Waals surface area contributed by atoms with Gasteiger partial charge in [0.2, 0.25) is 5.91 Å². The van der Waals surface area contributed by atoms with Gasteiger partial charge >= 0.3 is 5.97 Å². The highest BCUT2D eigenvalue weighted by molar-refractivity contribution is 5.94. The quantitative estimate of drug-likeness (QED) is 0.828. The predicted molar refractivity (Wildman–Crippen MR) is 80.2 cm³/mol. The highest BCUT2D eigenvalue weighted by Gasteiger charge is 2.20. The topological polar surface area (TPSA) is 86.7 Å². The molecule has 0 saturated carbocycles. The van der Waals surface area contributed by atoms with Gasteiger partial charge < -0.3 is 15.3 Å². The first kappa shape index (κ1) is 16.0. The van der Waals surface area contributed by atoms with Crippen molar-refractivity contribution < 1.29 is 19.5 Å². The number of nitrogens with one attached hydrogen (secondary N) is 1. The smallest absolute Gasteiger partial charge is 0.308 e. The minimum atomic E-state index is -0.939. The minimum absolute atomic E-state index is 0.0954. The minimum Gasteiger partial charge on any atom is -0.481 e. The molecule has 6 heteroatoms. The lowest BCUT2D eigenvalue weighted by atomic mass is 10.1. The van der Waals surface area contributed by atoms with Crippen LogP contribution in [0.2, 0.25) is 0 Å². The lowest BCUT2D eigenvalue weighted by Crippen LogP contribution is -2.31. The Hall–Kier alpha value is -2.37. The molecule has 118 valence electrons. The van der Waals surface area contributed by atoms with E-state index >= 15 is 0 Å². The summed E-state index contributed by atoms with van der Waals surface area (Å²) in [6.45, 7) is 2.99. The maximum atomic E-state index is 11.9. The molecule has 1 saturated heterocycles. The van der Waals surface area contributed by atoms with Crippen molar-refractivity contribution in [1.29, 1.82) is 0 Å². The SMILES string of the molecule is CC(CNC(=O)c1ccc(CN2CCCC2=O)cc1)C(=O)O. The summed E-state index contributed by atoms with van der Waals surface area (Å²) in [7, 11) is 0. The second-order valence-electron chi connectivity index (χ2n) is 5.57. The van der Waals surface area contributed by atoms with E-state index in [4.69, 9.17) is 5.11 Å². The predicted octanol–water partition coefficient (Wildman–Crippen LogP) is 1.26. The van der Waals surface area contributed by atoms with Gasteiger partial charge in [-0.1, -0.05) is 19.1 Å². The lowest BCUT2D eigenvalue weighted by molar-refractivity contribution is -0.140. The van der Waals surface area contributed by atoms with Crippen molar-refractivity contribution >= 4 is 17.8 Å². The molecule has 0 aromatic heterocycles. The number of carbonyl (C=O) groups excluding carboxylic acids is 2. The van der Waals surface area contributed by atoms with Crippen LogP contribution in [0.5, 0.6) is 0 Å². The zero-order valence-electron chi connectivity index (χ0n) is 12.5. The fourth-order valence-electron chi connectivity index (χ4n) is 2.29. The van der Waals surface area contributed by atoms with Gasteiger partial charge in [-0.15, -0.1) is 0 Å². The number of amides is 2. The molecule has 2 N–H and O–H groups in total. The summed E-state index contributed by atoms with van der Waals surface area (Å²) < 4.78 is 0. The van der Waals surface area contributed by atoms with Crippen LogP contribution >= 0.6 is 0 Å². The summed E-state index contributed by atoms with van der Waals surface area (Å²) in [5.74, 6) is -1.68. The zero-order chi connectivity index (χ0) is 16.1. The first-order chi connectivity index (χ1) is 10.5. The van der Waals surface area contributed by atoms with Crippen molar-refractivity contribution in [2.24, 2.45) is 5.92 Å². The summed E-state index contributed by atoms with van der Waals surface area (Å²) in [4.78, 5) is 36.0. The van der Waals surface area contributed by atoms with Crippen molar-refractivity contribution in [2.75, 3.05) is 13.1 Å². The maximum absolute atomic E-state index is 11.9. The Morgan fingerprint density at radius 3 is 2.55 bits per heavy atom. The van der Waals surface area contributed by atoms with E-state index in [0.717, 1.165) is 18.5 Å². The van der Waals surface area contributed by atoms with E-state index in [1.54, 1.807) is 19.1 Å². The molecule has 0 radical (unpaired) electrons. The van der Waals surface area contributed by atoms with Gasteiger partial charge in [0.15, 0.2) is 0 Å². The lowest BCUT2D eigenvalue weighted by Gasteiger charge is -2.15. The number of carboxylic acids is 1. The van der Waals surface area contributed by atoms with E-state index in [1.807, 2.05) is 17.0 Å². The van der Waals surface area contributed by atoms with Crippen LogP contribution in [0.15, 0.2) is 24.3 Å². The Morgan fingerprint density at radius 2 is 2.00 bits per heavy atom. The van der Waals surface area contributed by atoms with Crippen LogP contribution in [0.25, 0.3) is 0 Å². The second-order valence-corrected chi connectivity index (χ2v) is 5.57. The molecule has 0 bridgehead atoms. The van der Waals surface area contributed by atoms with Crippen LogP contribution in [0.4, 0.5) is 0 Å². The van der Waals surface area contributed by atoms with Crippen molar-refractivity contribution in [3.63, 3.8) is 0 Å². The van der Waals surface area contributed by atoms with Crippen LogP contribution in [0, 0.1) is 5.92 Å². The molecule has 1 aromatic carbocycles. The average molecular weight is 304 g/mol. The van der Waals surface area contributed by atoms with Crippen LogP contribution < -0.4 is 5.32 Å². The molecule has 1 aliphatic rings. The summed E-state index contributed by atoms with van der Waals surface area (Å²) in [5, 5.41) is 11.4. The summed E-state index contributed by atoms with van der Waals surface area (Å²) in [6, 6.07) is 7.02. The Kier molecular flexibility index (Phi) is 5.14. The monoisotopic (exact) mass is 304 g/mol. The summed E-state index contributed by atoms with van der Waals surface area (Å²) in [5.41, 5.74) is 1.46. The molecule has 6 nitrogen and oxygen atoms in total. The fraction of sp³-hybridized carbons (Fsp3) is 0.438. The van der Waals surface area contributed by atoms with Crippen LogP contribution in [-0.2, 0) is 16.1 Å². The molecule has 1 heterocycles. The second kappa shape index (κ2) is 7.06. The van der Waals surface area contributed by atoms with E-state index in [0.29, 0.717) is 18.5 Å². The van der Waals surface area contributed by atoms with Crippen molar-refractivity contribution in [1.82, 2.24) is 10.2 Å². The maximum Gasteiger partial charge on any atom is 0.308 e. The first-order valence-corrected chi connectivity index (χ1v) is 7.35. The third-order valence-electron chi connectivity index (χ3n) is 3.75. The van der Waals surface area contributed by atoms with Gasteiger partial charge in [0.05, 0.1) is 5.92 Å². The van der Waals surface area contributed by atoms with Gasteiger partial charge in [0.25, 0.3) is 5.91 Å². The van der Waals surface area contributed by atoms with Crippen molar-refractivity contribution in [3.05, 3.63) is 35.4 Å². The third kappa shape index (κ3) is 4.07. The summed E-state index contributed by atoms with van der Waals surface area (Å²) in [6.07, 6.45) is 1.52. The number of nitrogens with zero attached hydrogens (tertiary/aromatic N) is 1. The number of likely N-dealkylation sites (tertiary alicyclic amines) is 1. The van der Waals surface area contributed by atoms with E-state index < -0.39 is 11.9 Å². The molecule has 1 aliphatic heterocycles. The molecule has 2 rings (SSSR count). The standard InChI is InChI=1S/C16H20N2O4/c1-11(16(21)22)9-17-15(20)13-6-4-12(5-7-13)10-18-8-2-3-14(18)19/h4-7,11H,2-3,8-10H2,1H3,(H,17,20)(H,21,22). The zero-order valence-corrected chi connectivity index (χ0v) is 12.5. The normalized spacial score (nSPS) is 15.7. The number of aliphatic carboxylic acids is 1. The first-order valence-electron chi connectivity index (χ1n) is 7.35. The van der Waals surface area contributed by atoms with Gasteiger partial charge in [0, 0.05) is 31.6 Å². The molecule has 0 aliphatic carbocycles. The van der Waals surface area contributed by atoms with Crippen LogP contribution in [0.3, 0.4) is 0 Å². The van der Waals surface area contributed by atoms with E-state index in [9.17, 15) is 14.4 Å². The summed E-state index contributed by atoms with van der Waals surface area (Å²) >= 11 is 0. The highest BCUT2D eigenvalue weighted by atomic mass is 16.4. The average Bonchev–Trinajstić information content (AvgIpc) is 2.90. The van der Waals surface area contributed by atoms with Gasteiger partial charge in [0.1, 0.15) is 0 Å². The molecular formula is C16H20N2O4. The van der Waals surface area contributed by atoms with E-state index in [-0.39, 0.29) is 18.4 Å². The molecule has 22 heavy (non-hydrogen) atoms. The number of hydrogen-bond acceptors (Lipinski definition) is 3. The number of benzene rings is 1. The van der Waals surface area contributed by atoms with Gasteiger partial charge in [-0.3, -0.25) is 14.4 Å². The highest BCUT2D eigenvalue weighted by Crippen LogP contribution is 2.14. The molecule has 0 spiro atoms. The van der Waals surface area contributed by atoms with Gasteiger partial charge in [-0.2, -0.15) is 0 Å². The van der Waals surface area contributed by atoms with Crippen molar-refractivity contribution in [2.45, 2.75) is 26.3 Å². The third-order valence-corrected chi connectivity index (χ3v) is 3.75. The van der Waals surface area contributed by atoms with Crippen molar-refractivity contribution in [3.8, 4) is 0 Å². The van der Waals surface area contributed by atoms with Gasteiger partial charge in [-0.05, 0) is 24.1 Å². The number of carboxylic acid groups (broad SMARTS) is 1. The van der Waals surface area contributed by atoms with E-state index in [2.05, 4.69) is 5.32 Å². The Labute approximate surface area is 129 Å². The van der Waals surface area contributed by atoms with Crippen LogP contribution in [-0.4, -0.2) is 40.9 Å². The van der Waals surface area contributed by atoms with Crippen LogP contribution in [0.1, 0.15) is 35.7 Å². The molecular weight excluding hydrogens is 284 g/mol. The Morgan fingerprint density at radius 1 is 1.32 bits per heavy atom. The number of rotatable bonds is 6. The largest absolute Gasteiger partial charge is 0.481 e. The molecule has 1 atom stereocenters. The number of hydrogen-bond donors (Lipinski definition) is 2. The Bertz CT molecular complexity index is 568. The molecule has 1 aromatic rings. The fourth-order valence-corrected chi connectivity index (χ4v) is 2.29. The molecule has 1 unspecified atom stereocenters. The van der Waals surface area contributed by atoms with Gasteiger partial charge in [-0.25, -0.2) is 0 Å². The molecule has 1 fully saturated rings.